The van der Waals surface area contributed by atoms with Gasteiger partial charge in [0, 0.05) is 70.8 Å². The van der Waals surface area contributed by atoms with E-state index in [-0.39, 0.29) is 35.7 Å². The van der Waals surface area contributed by atoms with Crippen LogP contribution in [0.15, 0.2) is 18.2 Å². The van der Waals surface area contributed by atoms with Crippen LogP contribution in [-0.4, -0.2) is 82.0 Å². The number of hydrogen-bond donors (Lipinski definition) is 2. The van der Waals surface area contributed by atoms with Gasteiger partial charge in [-0.2, -0.15) is 0 Å². The minimum absolute atomic E-state index is 0.0571. The minimum atomic E-state index is -0.967. The van der Waals surface area contributed by atoms with Crippen molar-refractivity contribution < 1.29 is 28.6 Å². The van der Waals surface area contributed by atoms with Crippen molar-refractivity contribution in [1.29, 1.82) is 0 Å². The van der Waals surface area contributed by atoms with Gasteiger partial charge < -0.3 is 34.6 Å². The summed E-state index contributed by atoms with van der Waals surface area (Å²) in [5.41, 5.74) is 0.507. The monoisotopic (exact) mass is 556 g/mol. The molecule has 5 rings (SSSR count). The number of amides is 3. The predicted octanol–water partition coefficient (Wildman–Crippen LogP) is 2.63. The second-order valence-corrected chi connectivity index (χ2v) is 12.1. The first-order valence-corrected chi connectivity index (χ1v) is 14.8. The number of hydrogen-bond acceptors (Lipinski definition) is 7. The third kappa shape index (κ3) is 6.61. The Kier molecular flexibility index (Phi) is 8.97. The van der Waals surface area contributed by atoms with Crippen LogP contribution >= 0.6 is 0 Å². The van der Waals surface area contributed by atoms with Crippen molar-refractivity contribution in [3.8, 4) is 5.75 Å². The molecular weight excluding hydrogens is 512 g/mol. The molecule has 3 amide bonds. The van der Waals surface area contributed by atoms with Crippen LogP contribution in [0.3, 0.4) is 0 Å². The van der Waals surface area contributed by atoms with Crippen LogP contribution in [0.4, 0.5) is 11.4 Å². The molecule has 0 bridgehead atoms. The van der Waals surface area contributed by atoms with E-state index in [9.17, 15) is 14.4 Å². The number of methoxy groups -OCH3 is 1. The number of nitrogens with one attached hydrogen (secondary N) is 2. The number of benzene rings is 1. The maximum atomic E-state index is 14.0. The second-order valence-electron chi connectivity index (χ2n) is 12.1. The van der Waals surface area contributed by atoms with Crippen LogP contribution in [0.5, 0.6) is 5.75 Å². The molecule has 1 aromatic carbocycles. The molecule has 0 unspecified atom stereocenters. The summed E-state index contributed by atoms with van der Waals surface area (Å²) in [5, 5.41) is 6.55. The van der Waals surface area contributed by atoms with Crippen LogP contribution in [0.1, 0.15) is 58.8 Å². The highest BCUT2D eigenvalue weighted by Gasteiger charge is 2.43. The Hall–Kier alpha value is -2.69. The van der Waals surface area contributed by atoms with E-state index < -0.39 is 5.60 Å². The SMILES string of the molecule is COCCCN1C(=O)C(C)(C)Oc2ccc(N(C(=O)[C@H]3CNC[C@@H](NC(=O)CC4CCOCC4)C3)C3CC3)cc21. The molecule has 4 aliphatic rings. The first-order valence-electron chi connectivity index (χ1n) is 14.8. The molecule has 10 heteroatoms. The number of anilines is 2. The van der Waals surface area contributed by atoms with Crippen LogP contribution in [0.25, 0.3) is 0 Å². The molecule has 3 fully saturated rings. The van der Waals surface area contributed by atoms with Gasteiger partial charge in [0.1, 0.15) is 5.75 Å². The molecule has 1 aromatic rings. The smallest absolute Gasteiger partial charge is 0.270 e. The van der Waals surface area contributed by atoms with E-state index >= 15 is 0 Å². The Morgan fingerprint density at radius 2 is 1.95 bits per heavy atom. The highest BCUT2D eigenvalue weighted by molar-refractivity contribution is 6.04. The van der Waals surface area contributed by atoms with Gasteiger partial charge in [-0.3, -0.25) is 14.4 Å². The topological polar surface area (TPSA) is 109 Å². The molecule has 2 N–H and O–H groups in total. The fourth-order valence-corrected chi connectivity index (χ4v) is 6.08. The predicted molar refractivity (Wildman–Crippen MR) is 152 cm³/mol. The molecule has 2 saturated heterocycles. The molecule has 220 valence electrons. The van der Waals surface area contributed by atoms with E-state index in [1.165, 1.54) is 0 Å². The Morgan fingerprint density at radius 3 is 2.67 bits per heavy atom. The van der Waals surface area contributed by atoms with Gasteiger partial charge in [0.2, 0.25) is 11.8 Å². The molecule has 0 radical (unpaired) electrons. The Labute approximate surface area is 237 Å². The number of carbonyl (C=O) groups is 3. The van der Waals surface area contributed by atoms with Crippen molar-refractivity contribution in [2.75, 3.05) is 56.4 Å². The lowest BCUT2D eigenvalue weighted by Gasteiger charge is -2.40. The third-order valence-electron chi connectivity index (χ3n) is 8.40. The van der Waals surface area contributed by atoms with Gasteiger partial charge >= 0.3 is 0 Å². The molecule has 3 heterocycles. The summed E-state index contributed by atoms with van der Waals surface area (Å²) in [7, 11) is 1.65. The van der Waals surface area contributed by atoms with Gasteiger partial charge in [0.25, 0.3) is 5.91 Å². The average molecular weight is 557 g/mol. The molecule has 10 nitrogen and oxygen atoms in total. The fraction of sp³-hybridized carbons (Fsp3) is 0.700. The van der Waals surface area contributed by atoms with Crippen molar-refractivity contribution in [3.05, 3.63) is 18.2 Å². The molecule has 1 aliphatic carbocycles. The van der Waals surface area contributed by atoms with Crippen LogP contribution < -0.4 is 25.2 Å². The quantitative estimate of drug-likeness (QED) is 0.427. The van der Waals surface area contributed by atoms with Crippen molar-refractivity contribution >= 4 is 29.1 Å². The fourth-order valence-electron chi connectivity index (χ4n) is 6.08. The number of fused-ring (bicyclic) bond motifs is 1. The highest BCUT2D eigenvalue weighted by atomic mass is 16.5. The Bertz CT molecular complexity index is 1080. The molecule has 40 heavy (non-hydrogen) atoms. The summed E-state index contributed by atoms with van der Waals surface area (Å²) < 4.78 is 16.7. The molecule has 1 saturated carbocycles. The number of piperidine rings is 1. The third-order valence-corrected chi connectivity index (χ3v) is 8.40. The van der Waals surface area contributed by atoms with Gasteiger partial charge in [-0.25, -0.2) is 0 Å². The summed E-state index contributed by atoms with van der Waals surface area (Å²) in [6.45, 7) is 7.32. The average Bonchev–Trinajstić information content (AvgIpc) is 3.77. The zero-order chi connectivity index (χ0) is 28.3. The van der Waals surface area contributed by atoms with E-state index in [2.05, 4.69) is 10.6 Å². The first kappa shape index (κ1) is 28.8. The molecular formula is C30H44N4O6. The van der Waals surface area contributed by atoms with Crippen LogP contribution in [-0.2, 0) is 23.9 Å². The van der Waals surface area contributed by atoms with E-state index in [4.69, 9.17) is 14.2 Å². The Balaban J connectivity index is 1.29. The molecule has 0 spiro atoms. The van der Waals surface area contributed by atoms with Crippen molar-refractivity contribution in [2.45, 2.75) is 76.5 Å². The minimum Gasteiger partial charge on any atom is -0.476 e. The first-order chi connectivity index (χ1) is 19.3. The summed E-state index contributed by atoms with van der Waals surface area (Å²) in [6.07, 6.45) is 5.57. The van der Waals surface area contributed by atoms with Crippen molar-refractivity contribution in [3.63, 3.8) is 0 Å². The van der Waals surface area contributed by atoms with Crippen molar-refractivity contribution in [1.82, 2.24) is 10.6 Å². The number of carbonyl (C=O) groups excluding carboxylic acids is 3. The van der Waals surface area contributed by atoms with Gasteiger partial charge in [-0.15, -0.1) is 0 Å². The summed E-state index contributed by atoms with van der Waals surface area (Å²) in [6, 6.07) is 5.80. The lowest BCUT2D eigenvalue weighted by Crippen LogP contribution is -2.54. The van der Waals surface area contributed by atoms with Crippen molar-refractivity contribution in [2.24, 2.45) is 11.8 Å². The number of rotatable bonds is 10. The standard InChI is InChI=1S/C30H44N4O6/c1-30(2)29(37)33(11-4-12-38-3)25-17-24(7-8-26(25)40-30)34(23-5-6-23)28(36)21-16-22(19-31-18-21)32-27(35)15-20-9-13-39-14-10-20/h7-8,17,20-23,31H,4-6,9-16,18-19H2,1-3H3,(H,32,35)/t21-,22+/m1/s1. The van der Waals surface area contributed by atoms with Gasteiger partial charge in [0.15, 0.2) is 5.60 Å². The zero-order valence-corrected chi connectivity index (χ0v) is 24.1. The van der Waals surface area contributed by atoms with Gasteiger partial charge in [-0.05, 0) is 76.5 Å². The maximum absolute atomic E-state index is 14.0. The normalized spacial score (nSPS) is 24.7. The zero-order valence-electron chi connectivity index (χ0n) is 24.1. The van der Waals surface area contributed by atoms with E-state index in [1.807, 2.05) is 23.1 Å². The van der Waals surface area contributed by atoms with E-state index in [0.29, 0.717) is 62.9 Å². The number of ether oxygens (including phenoxy) is 3. The van der Waals surface area contributed by atoms with Gasteiger partial charge in [-0.1, -0.05) is 0 Å². The number of nitrogens with zero attached hydrogens (tertiary/aromatic N) is 2. The largest absolute Gasteiger partial charge is 0.476 e. The Morgan fingerprint density at radius 1 is 1.18 bits per heavy atom. The molecule has 0 aromatic heterocycles. The second kappa shape index (κ2) is 12.4. The maximum Gasteiger partial charge on any atom is 0.270 e. The van der Waals surface area contributed by atoms with E-state index in [0.717, 1.165) is 44.6 Å². The van der Waals surface area contributed by atoms with Gasteiger partial charge in [0.05, 0.1) is 11.6 Å². The highest BCUT2D eigenvalue weighted by Crippen LogP contribution is 2.43. The summed E-state index contributed by atoms with van der Waals surface area (Å²) in [4.78, 5) is 43.7. The molecule has 3 aliphatic heterocycles. The lowest BCUT2D eigenvalue weighted by atomic mass is 9.92. The lowest BCUT2D eigenvalue weighted by molar-refractivity contribution is -0.132. The van der Waals surface area contributed by atoms with E-state index in [1.54, 1.807) is 25.9 Å². The van der Waals surface area contributed by atoms with Crippen LogP contribution in [0.2, 0.25) is 0 Å². The van der Waals surface area contributed by atoms with Crippen LogP contribution in [0, 0.1) is 11.8 Å². The summed E-state index contributed by atoms with van der Waals surface area (Å²) >= 11 is 0. The molecule has 2 atom stereocenters. The summed E-state index contributed by atoms with van der Waals surface area (Å²) in [5.74, 6) is 0.782.